The first-order chi connectivity index (χ1) is 7.88. The van der Waals surface area contributed by atoms with Crippen LogP contribution >= 0.6 is 0 Å². The molecule has 0 aromatic heterocycles. The minimum atomic E-state index is -0.497. The summed E-state index contributed by atoms with van der Waals surface area (Å²) in [6.07, 6.45) is 1.51. The van der Waals surface area contributed by atoms with Gasteiger partial charge in [0.05, 0.1) is 12.6 Å². The topological polar surface area (TPSA) is 75.4 Å². The van der Waals surface area contributed by atoms with Gasteiger partial charge in [-0.2, -0.15) is 0 Å². The Morgan fingerprint density at radius 3 is 2.41 bits per heavy atom. The maximum atomic E-state index is 11.7. The average molecular weight is 243 g/mol. The fraction of sp³-hybridized carbons (Fsp3) is 0.833. The fourth-order valence-electron chi connectivity index (χ4n) is 1.38. The molecule has 0 rings (SSSR count). The zero-order valence-electron chi connectivity index (χ0n) is 11.3. The van der Waals surface area contributed by atoms with Crippen LogP contribution in [0, 0.1) is 5.92 Å². The molecule has 0 spiro atoms. The molecule has 0 aromatic carbocycles. The molecule has 0 aliphatic rings. The van der Waals surface area contributed by atoms with Gasteiger partial charge in [0.25, 0.3) is 0 Å². The smallest absolute Gasteiger partial charge is 0.239 e. The molecule has 2 amide bonds. The van der Waals surface area contributed by atoms with E-state index in [0.29, 0.717) is 18.9 Å². The molecule has 0 aromatic rings. The molecule has 0 heterocycles. The zero-order valence-corrected chi connectivity index (χ0v) is 11.3. The van der Waals surface area contributed by atoms with Crippen molar-refractivity contribution in [2.24, 2.45) is 11.7 Å². The van der Waals surface area contributed by atoms with E-state index in [9.17, 15) is 9.59 Å². The van der Waals surface area contributed by atoms with E-state index in [1.54, 1.807) is 7.05 Å². The Morgan fingerprint density at radius 1 is 1.35 bits per heavy atom. The molecule has 0 aliphatic carbocycles. The molecule has 3 N–H and O–H groups in total. The molecule has 0 saturated heterocycles. The summed E-state index contributed by atoms with van der Waals surface area (Å²) < 4.78 is 0. The van der Waals surface area contributed by atoms with Crippen molar-refractivity contribution in [1.82, 2.24) is 10.2 Å². The van der Waals surface area contributed by atoms with Gasteiger partial charge in [-0.25, -0.2) is 0 Å². The summed E-state index contributed by atoms with van der Waals surface area (Å²) in [5, 5.41) is 2.77. The monoisotopic (exact) mass is 243 g/mol. The highest BCUT2D eigenvalue weighted by atomic mass is 16.2. The van der Waals surface area contributed by atoms with E-state index in [4.69, 9.17) is 5.73 Å². The first-order valence-electron chi connectivity index (χ1n) is 6.15. The molecule has 17 heavy (non-hydrogen) atoms. The van der Waals surface area contributed by atoms with E-state index in [0.717, 1.165) is 6.42 Å². The molecule has 1 atom stereocenters. The van der Waals surface area contributed by atoms with Gasteiger partial charge in [0, 0.05) is 13.6 Å². The van der Waals surface area contributed by atoms with Crippen LogP contribution in [0.1, 0.15) is 33.6 Å². The molecule has 0 bridgehead atoms. The molecule has 5 nitrogen and oxygen atoms in total. The molecular formula is C12H25N3O2. The number of hydrogen-bond acceptors (Lipinski definition) is 3. The van der Waals surface area contributed by atoms with Crippen LogP contribution in [0.4, 0.5) is 0 Å². The van der Waals surface area contributed by atoms with E-state index in [1.807, 2.05) is 20.8 Å². The summed E-state index contributed by atoms with van der Waals surface area (Å²) in [6.45, 7) is 6.71. The number of nitrogens with two attached hydrogens (primary N) is 1. The molecule has 0 fully saturated rings. The number of likely N-dealkylation sites (N-methyl/N-ethyl adjacent to an activating group) is 1. The second kappa shape index (κ2) is 8.06. The van der Waals surface area contributed by atoms with E-state index in [2.05, 4.69) is 5.32 Å². The van der Waals surface area contributed by atoms with Gasteiger partial charge in [-0.05, 0) is 12.3 Å². The van der Waals surface area contributed by atoms with E-state index in [-0.39, 0.29) is 18.4 Å². The van der Waals surface area contributed by atoms with Crippen LogP contribution in [0.3, 0.4) is 0 Å². The Labute approximate surface area is 104 Å². The van der Waals surface area contributed by atoms with Crippen molar-refractivity contribution >= 4 is 11.8 Å². The van der Waals surface area contributed by atoms with E-state index < -0.39 is 6.04 Å². The lowest BCUT2D eigenvalue weighted by molar-refractivity contribution is -0.135. The summed E-state index contributed by atoms with van der Waals surface area (Å²) >= 11 is 0. The van der Waals surface area contributed by atoms with Crippen LogP contribution in [0.5, 0.6) is 0 Å². The zero-order chi connectivity index (χ0) is 13.4. The van der Waals surface area contributed by atoms with Crippen LogP contribution in [0.15, 0.2) is 0 Å². The molecule has 0 radical (unpaired) electrons. The van der Waals surface area contributed by atoms with Gasteiger partial charge in [0.15, 0.2) is 0 Å². The van der Waals surface area contributed by atoms with Crippen molar-refractivity contribution in [3.8, 4) is 0 Å². The van der Waals surface area contributed by atoms with Gasteiger partial charge < -0.3 is 16.0 Å². The lowest BCUT2D eigenvalue weighted by atomic mass is 10.1. The number of hydrogen-bond donors (Lipinski definition) is 2. The lowest BCUT2D eigenvalue weighted by Gasteiger charge is -2.20. The largest absolute Gasteiger partial charge is 0.354 e. The van der Waals surface area contributed by atoms with Gasteiger partial charge in [-0.3, -0.25) is 9.59 Å². The van der Waals surface area contributed by atoms with Gasteiger partial charge in [-0.15, -0.1) is 0 Å². The number of carbonyl (C=O) groups excluding carboxylic acids is 2. The van der Waals surface area contributed by atoms with Gasteiger partial charge >= 0.3 is 0 Å². The van der Waals surface area contributed by atoms with Gasteiger partial charge in [-0.1, -0.05) is 27.2 Å². The molecule has 0 saturated carbocycles. The first-order valence-corrected chi connectivity index (χ1v) is 6.15. The summed E-state index contributed by atoms with van der Waals surface area (Å²) in [7, 11) is 1.60. The molecule has 0 aliphatic heterocycles. The van der Waals surface area contributed by atoms with E-state index >= 15 is 0 Å². The summed E-state index contributed by atoms with van der Waals surface area (Å²) in [6, 6.07) is -0.497. The Bertz CT molecular complexity index is 254. The Balaban J connectivity index is 4.02. The number of rotatable bonds is 7. The van der Waals surface area contributed by atoms with Crippen molar-refractivity contribution in [2.45, 2.75) is 39.7 Å². The molecule has 5 heteroatoms. The quantitative estimate of drug-likeness (QED) is 0.677. The minimum Gasteiger partial charge on any atom is -0.354 e. The van der Waals surface area contributed by atoms with Crippen molar-refractivity contribution in [3.63, 3.8) is 0 Å². The van der Waals surface area contributed by atoms with Crippen LogP contribution in [-0.2, 0) is 9.59 Å². The molecular weight excluding hydrogens is 218 g/mol. The number of amides is 2. The highest BCUT2D eigenvalue weighted by Crippen LogP contribution is 1.98. The van der Waals surface area contributed by atoms with Crippen molar-refractivity contribution < 1.29 is 9.59 Å². The Morgan fingerprint density at radius 2 is 1.94 bits per heavy atom. The minimum absolute atomic E-state index is 0.0724. The average Bonchev–Trinajstić information content (AvgIpc) is 2.25. The van der Waals surface area contributed by atoms with Crippen LogP contribution < -0.4 is 11.1 Å². The maximum absolute atomic E-state index is 11.7. The van der Waals surface area contributed by atoms with Crippen molar-refractivity contribution in [3.05, 3.63) is 0 Å². The third-order valence-electron chi connectivity index (χ3n) is 2.38. The normalized spacial score (nSPS) is 12.4. The van der Waals surface area contributed by atoms with Crippen LogP contribution in [-0.4, -0.2) is 42.9 Å². The Kier molecular flexibility index (Phi) is 7.54. The van der Waals surface area contributed by atoms with E-state index in [1.165, 1.54) is 4.90 Å². The third-order valence-corrected chi connectivity index (χ3v) is 2.38. The number of nitrogens with one attached hydrogen (secondary N) is 1. The van der Waals surface area contributed by atoms with Crippen molar-refractivity contribution in [1.29, 1.82) is 0 Å². The highest BCUT2D eigenvalue weighted by molar-refractivity contribution is 5.87. The lowest BCUT2D eigenvalue weighted by Crippen LogP contribution is -2.46. The van der Waals surface area contributed by atoms with Gasteiger partial charge in [0.1, 0.15) is 0 Å². The van der Waals surface area contributed by atoms with Gasteiger partial charge in [0.2, 0.25) is 11.8 Å². The Hall–Kier alpha value is -1.10. The van der Waals surface area contributed by atoms with Crippen LogP contribution in [0.2, 0.25) is 0 Å². The molecule has 0 unspecified atom stereocenters. The summed E-state index contributed by atoms with van der Waals surface area (Å²) in [4.78, 5) is 24.6. The maximum Gasteiger partial charge on any atom is 0.239 e. The summed E-state index contributed by atoms with van der Waals surface area (Å²) in [5.41, 5.74) is 5.70. The second-order valence-electron chi connectivity index (χ2n) is 4.79. The second-order valence-corrected chi connectivity index (χ2v) is 4.79. The number of carbonyl (C=O) groups is 2. The van der Waals surface area contributed by atoms with Crippen molar-refractivity contribution in [2.75, 3.05) is 20.1 Å². The first kappa shape index (κ1) is 15.9. The standard InChI is InChI=1S/C12H25N3O2/c1-5-6-10(13)12(17)15(4)8-11(16)14-7-9(2)3/h9-10H,5-8,13H2,1-4H3,(H,14,16)/t10-/m0/s1. The number of nitrogens with zero attached hydrogens (tertiary/aromatic N) is 1. The summed E-state index contributed by atoms with van der Waals surface area (Å²) in [5.74, 6) is 0.0899. The highest BCUT2D eigenvalue weighted by Gasteiger charge is 2.18. The predicted molar refractivity (Wildman–Crippen MR) is 68.4 cm³/mol. The van der Waals surface area contributed by atoms with Crippen LogP contribution in [0.25, 0.3) is 0 Å². The fourth-order valence-corrected chi connectivity index (χ4v) is 1.38. The third kappa shape index (κ3) is 6.94. The SMILES string of the molecule is CCC[C@H](N)C(=O)N(C)CC(=O)NCC(C)C. The molecule has 100 valence electrons. The predicted octanol–water partition coefficient (Wildman–Crippen LogP) is 0.344.